The van der Waals surface area contributed by atoms with Gasteiger partial charge in [0.1, 0.15) is 11.6 Å². The van der Waals surface area contributed by atoms with Crippen LogP contribution in [-0.2, 0) is 6.11 Å². The van der Waals surface area contributed by atoms with Crippen LogP contribution in [0.1, 0.15) is 51.2 Å². The van der Waals surface area contributed by atoms with Gasteiger partial charge in [0.25, 0.3) is 0 Å². The Morgan fingerprint density at radius 3 is 1.94 bits per heavy atom. The first-order valence-corrected chi connectivity index (χ1v) is 11.5. The van der Waals surface area contributed by atoms with Gasteiger partial charge in [0.05, 0.1) is 5.56 Å². The quantitative estimate of drug-likeness (QED) is 0.255. The zero-order chi connectivity index (χ0) is 25.8. The Balaban J connectivity index is 0.00000167. The predicted molar refractivity (Wildman–Crippen MR) is 125 cm³/mol. The Morgan fingerprint density at radius 1 is 0.800 bits per heavy atom. The van der Waals surface area contributed by atoms with Crippen molar-refractivity contribution < 1.29 is 31.1 Å². The molecule has 186 valence electrons. The summed E-state index contributed by atoms with van der Waals surface area (Å²) in [5.41, 5.74) is 1.92. The van der Waals surface area contributed by atoms with Gasteiger partial charge >= 0.3 is 6.11 Å². The van der Waals surface area contributed by atoms with Crippen LogP contribution in [0.25, 0.3) is 16.7 Å². The van der Waals surface area contributed by atoms with E-state index >= 15 is 0 Å². The Morgan fingerprint density at radius 2 is 1.40 bits per heavy atom. The van der Waals surface area contributed by atoms with Gasteiger partial charge in [-0.1, -0.05) is 51.1 Å². The second-order valence-corrected chi connectivity index (χ2v) is 8.20. The van der Waals surface area contributed by atoms with Gasteiger partial charge in [0.2, 0.25) is 0 Å². The summed E-state index contributed by atoms with van der Waals surface area (Å²) in [6.45, 7) is 6.17. The number of rotatable bonds is 5. The monoisotopic (exact) mass is 492 g/mol. The lowest BCUT2D eigenvalue weighted by Crippen LogP contribution is -2.22. The van der Waals surface area contributed by atoms with Crippen molar-refractivity contribution >= 4 is 5.57 Å². The smallest absolute Gasteiger partial charge is 0.426 e. The van der Waals surface area contributed by atoms with Crippen LogP contribution in [-0.4, -0.2) is 0 Å². The molecule has 0 aromatic heterocycles. The minimum absolute atomic E-state index is 0.252. The van der Waals surface area contributed by atoms with Crippen LogP contribution in [0.5, 0.6) is 5.75 Å². The zero-order valence-electron chi connectivity index (χ0n) is 19.6. The Labute approximate surface area is 201 Å². The van der Waals surface area contributed by atoms with E-state index in [1.807, 2.05) is 19.9 Å². The third kappa shape index (κ3) is 6.08. The van der Waals surface area contributed by atoms with Gasteiger partial charge in [-0.05, 0) is 60.1 Å². The summed E-state index contributed by atoms with van der Waals surface area (Å²) >= 11 is 0. The van der Waals surface area contributed by atoms with Crippen molar-refractivity contribution in [2.45, 2.75) is 46.1 Å². The normalized spacial score (nSPS) is 15.7. The Bertz CT molecular complexity index is 1180. The molecule has 35 heavy (non-hydrogen) atoms. The first-order chi connectivity index (χ1) is 16.6. The molecule has 1 aliphatic carbocycles. The van der Waals surface area contributed by atoms with Gasteiger partial charge < -0.3 is 4.74 Å². The minimum Gasteiger partial charge on any atom is -0.429 e. The van der Waals surface area contributed by atoms with Gasteiger partial charge in [-0.2, -0.15) is 8.78 Å². The van der Waals surface area contributed by atoms with Gasteiger partial charge in [-0.15, -0.1) is 0 Å². The largest absolute Gasteiger partial charge is 0.429 e. The van der Waals surface area contributed by atoms with Crippen LogP contribution >= 0.6 is 0 Å². The standard InChI is InChI=1S/C26H20F6O.C2H6/c1-15-2-4-16(5-3-15)18-8-11-21(22(27)12-18)17-6-9-19(10-7-17)26(31,32)33-20-13-23(28)25(30)24(29)14-20;1-2/h4,6-15H,2-3,5H2,1H3;1-2H3. The lowest BCUT2D eigenvalue weighted by atomic mass is 9.87. The molecule has 0 heterocycles. The van der Waals surface area contributed by atoms with Crippen LogP contribution in [0.2, 0.25) is 0 Å². The van der Waals surface area contributed by atoms with Gasteiger partial charge in [0, 0.05) is 17.7 Å². The van der Waals surface area contributed by atoms with Crippen molar-refractivity contribution in [1.29, 1.82) is 0 Å². The molecule has 0 spiro atoms. The highest BCUT2D eigenvalue weighted by molar-refractivity contribution is 5.71. The summed E-state index contributed by atoms with van der Waals surface area (Å²) in [4.78, 5) is 0. The summed E-state index contributed by atoms with van der Waals surface area (Å²) in [6, 6.07) is 10.2. The van der Waals surface area contributed by atoms with E-state index in [0.717, 1.165) is 42.5 Å². The topological polar surface area (TPSA) is 9.23 Å². The van der Waals surface area contributed by atoms with E-state index in [4.69, 9.17) is 0 Å². The molecule has 0 bridgehead atoms. The SMILES string of the molecule is CC.CC1CC=C(c2ccc(-c3ccc(C(F)(F)Oc4cc(F)c(F)c(F)c4)cc3)c(F)c2)CC1. The van der Waals surface area contributed by atoms with Crippen LogP contribution < -0.4 is 4.74 Å². The van der Waals surface area contributed by atoms with E-state index in [2.05, 4.69) is 17.7 Å². The molecule has 0 saturated heterocycles. The van der Waals surface area contributed by atoms with Gasteiger partial charge in [-0.25, -0.2) is 17.6 Å². The van der Waals surface area contributed by atoms with Crippen LogP contribution in [0.4, 0.5) is 26.3 Å². The van der Waals surface area contributed by atoms with Crippen LogP contribution in [0, 0.1) is 29.2 Å². The molecule has 0 N–H and O–H groups in total. The molecule has 1 atom stereocenters. The average molecular weight is 493 g/mol. The average Bonchev–Trinajstić information content (AvgIpc) is 2.84. The van der Waals surface area contributed by atoms with Crippen molar-refractivity contribution in [1.82, 2.24) is 0 Å². The Hall–Kier alpha value is -3.22. The number of allylic oxidation sites excluding steroid dienone is 2. The molecule has 1 unspecified atom stereocenters. The fourth-order valence-corrected chi connectivity index (χ4v) is 3.82. The first kappa shape index (κ1) is 26.4. The summed E-state index contributed by atoms with van der Waals surface area (Å²) in [5.74, 6) is -5.80. The molecule has 3 aromatic rings. The van der Waals surface area contributed by atoms with Crippen molar-refractivity contribution in [3.05, 3.63) is 95.1 Å². The summed E-state index contributed by atoms with van der Waals surface area (Å²) in [7, 11) is 0. The number of ether oxygens (including phenoxy) is 1. The highest BCUT2D eigenvalue weighted by Crippen LogP contribution is 2.35. The van der Waals surface area contributed by atoms with Crippen molar-refractivity contribution in [2.24, 2.45) is 5.92 Å². The van der Waals surface area contributed by atoms with E-state index in [1.165, 1.54) is 18.2 Å². The molecule has 0 radical (unpaired) electrons. The lowest BCUT2D eigenvalue weighted by Gasteiger charge is -2.19. The summed E-state index contributed by atoms with van der Waals surface area (Å²) in [6.07, 6.45) is 1.05. The van der Waals surface area contributed by atoms with Crippen molar-refractivity contribution in [2.75, 3.05) is 0 Å². The van der Waals surface area contributed by atoms with E-state index in [-0.39, 0.29) is 5.56 Å². The molecule has 0 saturated carbocycles. The number of hydrogen-bond donors (Lipinski definition) is 0. The fourth-order valence-electron chi connectivity index (χ4n) is 3.82. The number of hydrogen-bond acceptors (Lipinski definition) is 1. The van der Waals surface area contributed by atoms with Crippen molar-refractivity contribution in [3.8, 4) is 16.9 Å². The first-order valence-electron chi connectivity index (χ1n) is 11.5. The van der Waals surface area contributed by atoms with E-state index in [9.17, 15) is 26.3 Å². The van der Waals surface area contributed by atoms with Crippen molar-refractivity contribution in [3.63, 3.8) is 0 Å². The lowest BCUT2D eigenvalue weighted by molar-refractivity contribution is -0.185. The predicted octanol–water partition coefficient (Wildman–Crippen LogP) is 9.27. The van der Waals surface area contributed by atoms with E-state index < -0.39 is 40.7 Å². The fraction of sp³-hybridized carbons (Fsp3) is 0.286. The number of halogens is 6. The maximum Gasteiger partial charge on any atom is 0.426 e. The molecule has 0 fully saturated rings. The van der Waals surface area contributed by atoms with E-state index in [0.29, 0.717) is 23.6 Å². The summed E-state index contributed by atoms with van der Waals surface area (Å²) < 4.78 is 87.7. The highest BCUT2D eigenvalue weighted by Gasteiger charge is 2.35. The maximum atomic E-state index is 14.8. The highest BCUT2D eigenvalue weighted by atomic mass is 19.3. The van der Waals surface area contributed by atoms with Gasteiger partial charge in [-0.3, -0.25) is 0 Å². The van der Waals surface area contributed by atoms with Crippen LogP contribution in [0.3, 0.4) is 0 Å². The molecule has 4 rings (SSSR count). The second-order valence-electron chi connectivity index (χ2n) is 8.20. The number of alkyl halides is 2. The van der Waals surface area contributed by atoms with Gasteiger partial charge in [0.15, 0.2) is 17.5 Å². The molecular weight excluding hydrogens is 466 g/mol. The third-order valence-corrected chi connectivity index (χ3v) is 5.75. The molecule has 1 aliphatic rings. The second kappa shape index (κ2) is 11.0. The maximum absolute atomic E-state index is 14.8. The Kier molecular flexibility index (Phi) is 8.30. The molecule has 7 heteroatoms. The van der Waals surface area contributed by atoms with Crippen LogP contribution in [0.15, 0.2) is 60.7 Å². The molecule has 3 aromatic carbocycles. The summed E-state index contributed by atoms with van der Waals surface area (Å²) in [5, 5.41) is 0. The zero-order valence-corrected chi connectivity index (χ0v) is 19.6. The molecular formula is C28H26F6O. The third-order valence-electron chi connectivity index (χ3n) is 5.75. The molecule has 0 aliphatic heterocycles. The minimum atomic E-state index is -3.96. The number of benzene rings is 3. The molecule has 0 amide bonds. The molecule has 1 nitrogen and oxygen atoms in total. The van der Waals surface area contributed by atoms with E-state index in [1.54, 1.807) is 6.07 Å².